The molecule has 20 heavy (non-hydrogen) atoms. The Hall–Kier alpha value is -2.70. The molecule has 1 heterocycles. The van der Waals surface area contributed by atoms with Gasteiger partial charge in [-0.2, -0.15) is 0 Å². The molecule has 0 spiro atoms. The van der Waals surface area contributed by atoms with Crippen molar-refractivity contribution in [3.05, 3.63) is 24.3 Å². The molecule has 0 aliphatic carbocycles. The first-order chi connectivity index (χ1) is 9.51. The highest BCUT2D eigenvalue weighted by Gasteiger charge is 2.42. The summed E-state index contributed by atoms with van der Waals surface area (Å²) < 4.78 is 5.01. The minimum absolute atomic E-state index is 0.349. The zero-order chi connectivity index (χ0) is 14.9. The van der Waals surface area contributed by atoms with Gasteiger partial charge in [-0.25, -0.2) is 9.69 Å². The number of carbonyl (C=O) groups is 3. The standard InChI is InChI=1S/C13H13N3O4/c1-15-12(18)10(7-17)11(14)16(13(15)19)8-3-5-9(20-2)6-4-8/h3-7,10,14H,1-2H3. The molecule has 1 aliphatic rings. The van der Waals surface area contributed by atoms with Crippen LogP contribution in [0, 0.1) is 11.3 Å². The van der Waals surface area contributed by atoms with Crippen molar-refractivity contribution >= 4 is 29.7 Å². The molecule has 1 fully saturated rings. The number of hydrogen-bond acceptors (Lipinski definition) is 5. The van der Waals surface area contributed by atoms with Crippen molar-refractivity contribution in [1.82, 2.24) is 4.90 Å². The molecule has 0 radical (unpaired) electrons. The van der Waals surface area contributed by atoms with E-state index in [4.69, 9.17) is 10.1 Å². The third kappa shape index (κ3) is 2.03. The van der Waals surface area contributed by atoms with Crippen LogP contribution in [0.15, 0.2) is 24.3 Å². The smallest absolute Gasteiger partial charge is 0.336 e. The van der Waals surface area contributed by atoms with Gasteiger partial charge in [0.05, 0.1) is 12.8 Å². The second-order valence-electron chi connectivity index (χ2n) is 4.21. The normalized spacial score (nSPS) is 19.3. The molecule has 2 rings (SSSR count). The van der Waals surface area contributed by atoms with Gasteiger partial charge in [-0.3, -0.25) is 15.1 Å². The number of hydrogen-bond donors (Lipinski definition) is 1. The highest BCUT2D eigenvalue weighted by molar-refractivity contribution is 6.32. The third-order valence-corrected chi connectivity index (χ3v) is 3.08. The fourth-order valence-electron chi connectivity index (χ4n) is 1.92. The van der Waals surface area contributed by atoms with E-state index in [1.54, 1.807) is 24.3 Å². The van der Waals surface area contributed by atoms with Crippen molar-refractivity contribution in [2.24, 2.45) is 5.92 Å². The number of carbonyl (C=O) groups excluding carboxylic acids is 3. The van der Waals surface area contributed by atoms with Crippen molar-refractivity contribution in [2.45, 2.75) is 0 Å². The third-order valence-electron chi connectivity index (χ3n) is 3.08. The minimum atomic E-state index is -1.26. The molecular weight excluding hydrogens is 262 g/mol. The van der Waals surface area contributed by atoms with Crippen LogP contribution in [-0.2, 0) is 9.59 Å². The van der Waals surface area contributed by atoms with E-state index in [1.165, 1.54) is 14.2 Å². The Morgan fingerprint density at radius 1 is 1.25 bits per heavy atom. The van der Waals surface area contributed by atoms with Gasteiger partial charge in [-0.05, 0) is 24.3 Å². The summed E-state index contributed by atoms with van der Waals surface area (Å²) in [5.41, 5.74) is 0.395. The predicted octanol–water partition coefficient (Wildman–Crippen LogP) is 0.886. The van der Waals surface area contributed by atoms with E-state index in [0.29, 0.717) is 17.7 Å². The van der Waals surface area contributed by atoms with Gasteiger partial charge >= 0.3 is 6.03 Å². The minimum Gasteiger partial charge on any atom is -0.497 e. The van der Waals surface area contributed by atoms with E-state index < -0.39 is 17.9 Å². The van der Waals surface area contributed by atoms with Gasteiger partial charge in [0.15, 0.2) is 5.92 Å². The largest absolute Gasteiger partial charge is 0.497 e. The molecule has 1 aromatic rings. The topological polar surface area (TPSA) is 90.8 Å². The summed E-state index contributed by atoms with van der Waals surface area (Å²) in [4.78, 5) is 36.7. The van der Waals surface area contributed by atoms with E-state index in [1.807, 2.05) is 0 Å². The summed E-state index contributed by atoms with van der Waals surface area (Å²) in [5.74, 6) is -1.71. The van der Waals surface area contributed by atoms with E-state index in [-0.39, 0.29) is 5.84 Å². The predicted molar refractivity (Wildman–Crippen MR) is 70.9 cm³/mol. The Bertz CT molecular complexity index is 582. The maximum absolute atomic E-state index is 12.1. The Morgan fingerprint density at radius 2 is 1.85 bits per heavy atom. The average Bonchev–Trinajstić information content (AvgIpc) is 2.46. The Balaban J connectivity index is 2.42. The molecule has 0 saturated carbocycles. The summed E-state index contributed by atoms with van der Waals surface area (Å²) >= 11 is 0. The number of nitrogens with one attached hydrogen (secondary N) is 1. The molecule has 1 aromatic carbocycles. The maximum atomic E-state index is 12.1. The molecule has 3 amide bonds. The molecule has 0 aromatic heterocycles. The van der Waals surface area contributed by atoms with Crippen LogP contribution < -0.4 is 9.64 Å². The quantitative estimate of drug-likeness (QED) is 0.655. The molecule has 104 valence electrons. The number of anilines is 1. The number of ether oxygens (including phenoxy) is 1. The van der Waals surface area contributed by atoms with E-state index in [9.17, 15) is 14.4 Å². The lowest BCUT2D eigenvalue weighted by molar-refractivity contribution is -0.132. The van der Waals surface area contributed by atoms with Crippen LogP contribution in [0.3, 0.4) is 0 Å². The van der Waals surface area contributed by atoms with Crippen molar-refractivity contribution < 1.29 is 19.1 Å². The van der Waals surface area contributed by atoms with Crippen LogP contribution in [0.5, 0.6) is 5.75 Å². The number of urea groups is 1. The molecule has 0 bridgehead atoms. The Kier molecular flexibility index (Phi) is 3.51. The number of methoxy groups -OCH3 is 1. The van der Waals surface area contributed by atoms with Crippen LogP contribution >= 0.6 is 0 Å². The summed E-state index contributed by atoms with van der Waals surface area (Å²) in [6.45, 7) is 0. The number of aldehydes is 1. The van der Waals surface area contributed by atoms with Gasteiger partial charge in [-0.15, -0.1) is 0 Å². The fraction of sp³-hybridized carbons (Fsp3) is 0.231. The number of amides is 3. The second kappa shape index (κ2) is 5.12. The van der Waals surface area contributed by atoms with Crippen LogP contribution in [0.2, 0.25) is 0 Å². The molecule has 1 unspecified atom stereocenters. The first-order valence-corrected chi connectivity index (χ1v) is 5.80. The fourth-order valence-corrected chi connectivity index (χ4v) is 1.92. The molecule has 1 atom stereocenters. The molecule has 7 nitrogen and oxygen atoms in total. The number of nitrogens with zero attached hydrogens (tertiary/aromatic N) is 2. The van der Waals surface area contributed by atoms with Gasteiger partial charge < -0.3 is 9.53 Å². The summed E-state index contributed by atoms with van der Waals surface area (Å²) in [7, 11) is 2.79. The first kappa shape index (κ1) is 13.7. The lowest BCUT2D eigenvalue weighted by Crippen LogP contribution is -2.58. The van der Waals surface area contributed by atoms with Gasteiger partial charge in [0.1, 0.15) is 17.9 Å². The van der Waals surface area contributed by atoms with Crippen LogP contribution in [0.1, 0.15) is 0 Å². The molecule has 1 aliphatic heterocycles. The highest BCUT2D eigenvalue weighted by Crippen LogP contribution is 2.25. The molecular formula is C13H13N3O4. The van der Waals surface area contributed by atoms with E-state index >= 15 is 0 Å². The van der Waals surface area contributed by atoms with E-state index in [0.717, 1.165) is 9.80 Å². The Morgan fingerprint density at radius 3 is 2.35 bits per heavy atom. The number of rotatable bonds is 3. The van der Waals surface area contributed by atoms with Gasteiger partial charge in [0.25, 0.3) is 0 Å². The van der Waals surface area contributed by atoms with Crippen molar-refractivity contribution in [2.75, 3.05) is 19.1 Å². The summed E-state index contributed by atoms with van der Waals surface area (Å²) in [6.07, 6.45) is 0.365. The zero-order valence-electron chi connectivity index (χ0n) is 11.0. The second-order valence-corrected chi connectivity index (χ2v) is 4.21. The lowest BCUT2D eigenvalue weighted by Gasteiger charge is -2.35. The maximum Gasteiger partial charge on any atom is 0.336 e. The van der Waals surface area contributed by atoms with Gasteiger partial charge in [0, 0.05) is 7.05 Å². The zero-order valence-corrected chi connectivity index (χ0v) is 11.0. The number of imide groups is 1. The molecule has 1 saturated heterocycles. The SMILES string of the molecule is COc1ccc(N2C(=N)C(C=O)C(=O)N(C)C2=O)cc1. The summed E-state index contributed by atoms with van der Waals surface area (Å²) in [5, 5.41) is 7.89. The van der Waals surface area contributed by atoms with Crippen LogP contribution in [0.25, 0.3) is 0 Å². The molecule has 7 heteroatoms. The number of amidine groups is 1. The van der Waals surface area contributed by atoms with Crippen LogP contribution in [-0.4, -0.2) is 43.1 Å². The Labute approximate surface area is 115 Å². The van der Waals surface area contributed by atoms with Crippen LogP contribution in [0.4, 0.5) is 10.5 Å². The van der Waals surface area contributed by atoms with Crippen molar-refractivity contribution in [3.8, 4) is 5.75 Å². The van der Waals surface area contributed by atoms with Gasteiger partial charge in [0.2, 0.25) is 5.91 Å². The van der Waals surface area contributed by atoms with Gasteiger partial charge in [-0.1, -0.05) is 0 Å². The average molecular weight is 275 g/mol. The van der Waals surface area contributed by atoms with E-state index in [2.05, 4.69) is 0 Å². The summed E-state index contributed by atoms with van der Waals surface area (Å²) in [6, 6.07) is 5.75. The lowest BCUT2D eigenvalue weighted by atomic mass is 10.0. The number of benzene rings is 1. The first-order valence-electron chi connectivity index (χ1n) is 5.80. The molecule has 1 N–H and O–H groups in total. The van der Waals surface area contributed by atoms with Crippen molar-refractivity contribution in [3.63, 3.8) is 0 Å². The monoisotopic (exact) mass is 275 g/mol. The highest BCUT2D eigenvalue weighted by atomic mass is 16.5. The van der Waals surface area contributed by atoms with Crippen molar-refractivity contribution in [1.29, 1.82) is 5.41 Å².